The van der Waals surface area contributed by atoms with Gasteiger partial charge in [-0.05, 0) is 60.9 Å². The number of carbonyl (C=O) groups is 1. The molecular formula is C20H18Cl2F3NO2. The minimum absolute atomic E-state index is 0.0582. The first-order valence-electron chi connectivity index (χ1n) is 8.54. The molecule has 2 aromatic rings. The van der Waals surface area contributed by atoms with E-state index >= 15 is 0 Å². The number of alkyl halides is 3. The van der Waals surface area contributed by atoms with Crippen LogP contribution in [0.15, 0.2) is 36.4 Å². The van der Waals surface area contributed by atoms with Crippen molar-refractivity contribution in [2.45, 2.75) is 24.9 Å². The molecule has 0 aliphatic carbocycles. The van der Waals surface area contributed by atoms with E-state index in [1.54, 1.807) is 30.0 Å². The van der Waals surface area contributed by atoms with Gasteiger partial charge in [0.25, 0.3) is 0 Å². The molecule has 0 spiro atoms. The maximum absolute atomic E-state index is 14.2. The fraction of sp³-hybridized carbons (Fsp3) is 0.350. The van der Waals surface area contributed by atoms with Crippen LogP contribution < -0.4 is 4.90 Å². The standard InChI is InChI=1S/C20H18Cl2F3NO2/c1-12-7-16(3-4-17(12)18(27)28-2)26-6-5-19(11-26,20(23,24)25)13-8-14(21)10-15(22)9-13/h3-4,7-10H,5-6,11H2,1-2H3/t19-/m1/s1. The number of hydrogen-bond acceptors (Lipinski definition) is 3. The zero-order valence-corrected chi connectivity index (χ0v) is 16.8. The molecule has 0 aromatic heterocycles. The molecule has 1 fully saturated rings. The van der Waals surface area contributed by atoms with Gasteiger partial charge in [-0.15, -0.1) is 0 Å². The molecular weight excluding hydrogens is 414 g/mol. The summed E-state index contributed by atoms with van der Waals surface area (Å²) in [6.45, 7) is 1.67. The Morgan fingerprint density at radius 2 is 1.79 bits per heavy atom. The molecule has 1 aliphatic rings. The summed E-state index contributed by atoms with van der Waals surface area (Å²) in [4.78, 5) is 13.4. The molecule has 1 aliphatic heterocycles. The normalized spacial score (nSPS) is 19.8. The second-order valence-corrected chi connectivity index (χ2v) is 7.77. The van der Waals surface area contributed by atoms with Gasteiger partial charge in [-0.25, -0.2) is 4.79 Å². The van der Waals surface area contributed by atoms with Crippen LogP contribution in [0.1, 0.15) is 27.9 Å². The van der Waals surface area contributed by atoms with Gasteiger partial charge >= 0.3 is 12.1 Å². The summed E-state index contributed by atoms with van der Waals surface area (Å²) in [5, 5.41) is 0.339. The number of aryl methyl sites for hydroxylation is 1. The number of methoxy groups -OCH3 is 1. The monoisotopic (exact) mass is 431 g/mol. The van der Waals surface area contributed by atoms with Crippen LogP contribution in [0, 0.1) is 6.92 Å². The molecule has 3 nitrogen and oxygen atoms in total. The molecule has 2 aromatic carbocycles. The van der Waals surface area contributed by atoms with Gasteiger partial charge in [-0.3, -0.25) is 0 Å². The quantitative estimate of drug-likeness (QED) is 0.575. The van der Waals surface area contributed by atoms with Gasteiger partial charge in [-0.2, -0.15) is 13.2 Å². The predicted molar refractivity (Wildman–Crippen MR) is 104 cm³/mol. The van der Waals surface area contributed by atoms with Crippen molar-refractivity contribution in [3.63, 3.8) is 0 Å². The Morgan fingerprint density at radius 1 is 1.14 bits per heavy atom. The number of ether oxygens (including phenoxy) is 1. The van der Waals surface area contributed by atoms with Gasteiger partial charge in [0, 0.05) is 28.8 Å². The summed E-state index contributed by atoms with van der Waals surface area (Å²) in [6.07, 6.45) is -4.60. The molecule has 28 heavy (non-hydrogen) atoms. The number of nitrogens with zero attached hydrogens (tertiary/aromatic N) is 1. The Bertz CT molecular complexity index is 897. The molecule has 0 N–H and O–H groups in total. The summed E-state index contributed by atoms with van der Waals surface area (Å²) in [6, 6.07) is 8.98. The minimum atomic E-state index is -4.48. The van der Waals surface area contributed by atoms with Crippen molar-refractivity contribution in [1.82, 2.24) is 0 Å². The third kappa shape index (κ3) is 3.67. The highest BCUT2D eigenvalue weighted by Crippen LogP contribution is 2.49. The second kappa shape index (κ2) is 7.48. The Hall–Kier alpha value is -1.92. The number of hydrogen-bond donors (Lipinski definition) is 0. The van der Waals surface area contributed by atoms with E-state index < -0.39 is 17.6 Å². The molecule has 0 saturated carbocycles. The van der Waals surface area contributed by atoms with Crippen molar-refractivity contribution >= 4 is 34.9 Å². The van der Waals surface area contributed by atoms with E-state index in [1.165, 1.54) is 25.3 Å². The number of carbonyl (C=O) groups excluding carboxylic acids is 1. The number of halogens is 5. The number of anilines is 1. The highest BCUT2D eigenvalue weighted by Gasteiger charge is 2.59. The molecule has 0 bridgehead atoms. The Balaban J connectivity index is 1.98. The van der Waals surface area contributed by atoms with Crippen LogP contribution in [-0.4, -0.2) is 32.3 Å². The predicted octanol–water partition coefficient (Wildman–Crippen LogP) is 5.80. The SMILES string of the molecule is COC(=O)c1ccc(N2CC[C@@](c3cc(Cl)cc(Cl)c3)(C(F)(F)F)C2)cc1C. The van der Waals surface area contributed by atoms with E-state index in [4.69, 9.17) is 27.9 Å². The molecule has 0 amide bonds. The van der Waals surface area contributed by atoms with E-state index in [0.29, 0.717) is 16.8 Å². The van der Waals surface area contributed by atoms with Crippen LogP contribution in [0.3, 0.4) is 0 Å². The highest BCUT2D eigenvalue weighted by molar-refractivity contribution is 6.34. The first kappa shape index (κ1) is 20.8. The molecule has 1 heterocycles. The first-order valence-corrected chi connectivity index (χ1v) is 9.30. The smallest absolute Gasteiger partial charge is 0.400 e. The van der Waals surface area contributed by atoms with Crippen LogP contribution in [0.5, 0.6) is 0 Å². The fourth-order valence-corrected chi connectivity index (χ4v) is 4.20. The van der Waals surface area contributed by atoms with E-state index in [1.807, 2.05) is 0 Å². The lowest BCUT2D eigenvalue weighted by Gasteiger charge is -2.33. The minimum Gasteiger partial charge on any atom is -0.465 e. The molecule has 1 atom stereocenters. The van der Waals surface area contributed by atoms with Gasteiger partial charge < -0.3 is 9.64 Å². The van der Waals surface area contributed by atoms with Crippen molar-refractivity contribution in [2.75, 3.05) is 25.1 Å². The topological polar surface area (TPSA) is 29.5 Å². The summed E-state index contributed by atoms with van der Waals surface area (Å²) in [5.41, 5.74) is -0.377. The Kier molecular flexibility index (Phi) is 5.56. The van der Waals surface area contributed by atoms with Crippen LogP contribution in [0.4, 0.5) is 18.9 Å². The molecule has 8 heteroatoms. The Morgan fingerprint density at radius 3 is 2.32 bits per heavy atom. The lowest BCUT2D eigenvalue weighted by molar-refractivity contribution is -0.184. The van der Waals surface area contributed by atoms with E-state index in [-0.39, 0.29) is 35.1 Å². The zero-order chi connectivity index (χ0) is 20.7. The second-order valence-electron chi connectivity index (χ2n) is 6.90. The molecule has 0 unspecified atom stereocenters. The van der Waals surface area contributed by atoms with Crippen molar-refractivity contribution in [3.05, 3.63) is 63.1 Å². The van der Waals surface area contributed by atoms with Crippen LogP contribution in [0.25, 0.3) is 0 Å². The lowest BCUT2D eigenvalue weighted by atomic mass is 9.79. The van der Waals surface area contributed by atoms with E-state index in [2.05, 4.69) is 0 Å². The van der Waals surface area contributed by atoms with Crippen LogP contribution in [0.2, 0.25) is 10.0 Å². The zero-order valence-electron chi connectivity index (χ0n) is 15.2. The van der Waals surface area contributed by atoms with Crippen LogP contribution in [-0.2, 0) is 10.2 Å². The maximum atomic E-state index is 14.2. The van der Waals surface area contributed by atoms with Gasteiger partial charge in [0.1, 0.15) is 5.41 Å². The van der Waals surface area contributed by atoms with Crippen molar-refractivity contribution in [1.29, 1.82) is 0 Å². The van der Waals surface area contributed by atoms with Gasteiger partial charge in [0.2, 0.25) is 0 Å². The molecule has 0 radical (unpaired) electrons. The summed E-state index contributed by atoms with van der Waals surface area (Å²) < 4.78 is 47.2. The van der Waals surface area contributed by atoms with Gasteiger partial charge in [0.05, 0.1) is 12.7 Å². The molecule has 150 valence electrons. The highest BCUT2D eigenvalue weighted by atomic mass is 35.5. The van der Waals surface area contributed by atoms with E-state index in [9.17, 15) is 18.0 Å². The summed E-state index contributed by atoms with van der Waals surface area (Å²) in [7, 11) is 1.28. The summed E-state index contributed by atoms with van der Waals surface area (Å²) in [5.74, 6) is -0.483. The van der Waals surface area contributed by atoms with Gasteiger partial charge in [-0.1, -0.05) is 23.2 Å². The Labute approximate surface area is 171 Å². The van der Waals surface area contributed by atoms with Crippen molar-refractivity contribution in [2.24, 2.45) is 0 Å². The van der Waals surface area contributed by atoms with Crippen molar-refractivity contribution < 1.29 is 22.7 Å². The molecule has 3 rings (SSSR count). The molecule has 1 saturated heterocycles. The average molecular weight is 432 g/mol. The largest absolute Gasteiger partial charge is 0.465 e. The van der Waals surface area contributed by atoms with Crippen molar-refractivity contribution in [3.8, 4) is 0 Å². The van der Waals surface area contributed by atoms with Crippen LogP contribution >= 0.6 is 23.2 Å². The third-order valence-electron chi connectivity index (χ3n) is 5.21. The van der Waals surface area contributed by atoms with E-state index in [0.717, 1.165) is 0 Å². The number of esters is 1. The number of benzene rings is 2. The maximum Gasteiger partial charge on any atom is 0.400 e. The number of rotatable bonds is 3. The third-order valence-corrected chi connectivity index (χ3v) is 5.64. The van der Waals surface area contributed by atoms with Gasteiger partial charge in [0.15, 0.2) is 0 Å². The first-order chi connectivity index (χ1) is 13.1. The average Bonchev–Trinajstić information content (AvgIpc) is 3.07. The lowest BCUT2D eigenvalue weighted by Crippen LogP contribution is -2.44. The fourth-order valence-electron chi connectivity index (χ4n) is 3.67. The summed E-state index contributed by atoms with van der Waals surface area (Å²) >= 11 is 11.9.